The zero-order valence-electron chi connectivity index (χ0n) is 10.9. The maximum absolute atomic E-state index is 11.9. The predicted octanol–water partition coefficient (Wildman–Crippen LogP) is 2.81. The Bertz CT molecular complexity index is 384. The summed E-state index contributed by atoms with van der Waals surface area (Å²) in [6, 6.07) is 8.84. The van der Waals surface area contributed by atoms with E-state index < -0.39 is 6.10 Å². The van der Waals surface area contributed by atoms with E-state index in [1.165, 1.54) is 0 Å². The third-order valence-electron chi connectivity index (χ3n) is 2.96. The molecule has 0 amide bonds. The third-order valence-corrected chi connectivity index (χ3v) is 2.96. The van der Waals surface area contributed by atoms with Gasteiger partial charge in [-0.15, -0.1) is 6.58 Å². The van der Waals surface area contributed by atoms with Crippen molar-refractivity contribution >= 4 is 5.97 Å². The van der Waals surface area contributed by atoms with Crippen LogP contribution < -0.4 is 0 Å². The molecule has 0 bridgehead atoms. The lowest BCUT2D eigenvalue weighted by molar-refractivity contribution is -0.00622. The lowest BCUT2D eigenvalue weighted by Crippen LogP contribution is -2.31. The first-order valence-corrected chi connectivity index (χ1v) is 6.11. The van der Waals surface area contributed by atoms with Crippen molar-refractivity contribution in [3.8, 4) is 0 Å². The second kappa shape index (κ2) is 6.97. The Hall–Kier alpha value is -1.61. The third kappa shape index (κ3) is 4.00. The van der Waals surface area contributed by atoms with E-state index in [2.05, 4.69) is 6.58 Å². The van der Waals surface area contributed by atoms with Crippen molar-refractivity contribution < 1.29 is 14.6 Å². The van der Waals surface area contributed by atoms with Gasteiger partial charge in [0.2, 0.25) is 0 Å². The lowest BCUT2D eigenvalue weighted by Gasteiger charge is -2.25. The predicted molar refractivity (Wildman–Crippen MR) is 71.3 cm³/mol. The molecule has 0 aliphatic carbocycles. The van der Waals surface area contributed by atoms with Crippen molar-refractivity contribution in [3.63, 3.8) is 0 Å². The van der Waals surface area contributed by atoms with Gasteiger partial charge in [-0.25, -0.2) is 4.79 Å². The molecule has 3 nitrogen and oxygen atoms in total. The van der Waals surface area contributed by atoms with Gasteiger partial charge in [0.1, 0.15) is 6.10 Å². The normalized spacial score (nSPS) is 15.5. The van der Waals surface area contributed by atoms with E-state index in [-0.39, 0.29) is 18.0 Å². The fourth-order valence-electron chi connectivity index (χ4n) is 1.87. The monoisotopic (exact) mass is 248 g/mol. The van der Waals surface area contributed by atoms with E-state index >= 15 is 0 Å². The molecular weight excluding hydrogens is 228 g/mol. The van der Waals surface area contributed by atoms with Gasteiger partial charge in [0.05, 0.1) is 11.7 Å². The van der Waals surface area contributed by atoms with Crippen molar-refractivity contribution in [2.24, 2.45) is 5.92 Å². The number of esters is 1. The Kier molecular flexibility index (Phi) is 5.59. The standard InChI is InChI=1S/C15H20O3/c1-4-8-14(11(2)16)12(3)18-15(17)13-9-6-5-7-10-13/h4-7,9-12,14,16H,1,8H2,2-3H3. The van der Waals surface area contributed by atoms with Crippen LogP contribution in [0.25, 0.3) is 0 Å². The molecule has 18 heavy (non-hydrogen) atoms. The minimum atomic E-state index is -0.540. The van der Waals surface area contributed by atoms with Gasteiger partial charge in [-0.2, -0.15) is 0 Å². The van der Waals surface area contributed by atoms with Crippen molar-refractivity contribution in [3.05, 3.63) is 48.6 Å². The summed E-state index contributed by atoms with van der Waals surface area (Å²) >= 11 is 0. The van der Waals surface area contributed by atoms with Crippen LogP contribution in [0.5, 0.6) is 0 Å². The number of carbonyl (C=O) groups is 1. The fraction of sp³-hybridized carbons (Fsp3) is 0.400. The Balaban J connectivity index is 2.65. The van der Waals surface area contributed by atoms with Crippen LogP contribution in [0.1, 0.15) is 30.6 Å². The molecule has 3 heteroatoms. The van der Waals surface area contributed by atoms with E-state index in [0.29, 0.717) is 12.0 Å². The summed E-state index contributed by atoms with van der Waals surface area (Å²) in [6.07, 6.45) is 1.45. The van der Waals surface area contributed by atoms with Gasteiger partial charge in [-0.05, 0) is 32.4 Å². The molecule has 3 unspecified atom stereocenters. The Morgan fingerprint density at radius 3 is 2.50 bits per heavy atom. The van der Waals surface area contributed by atoms with Crippen LogP contribution in [0.15, 0.2) is 43.0 Å². The van der Waals surface area contributed by atoms with Gasteiger partial charge >= 0.3 is 5.97 Å². The molecule has 1 aromatic rings. The van der Waals surface area contributed by atoms with Gasteiger partial charge in [0.15, 0.2) is 0 Å². The van der Waals surface area contributed by atoms with Gasteiger partial charge < -0.3 is 9.84 Å². The Morgan fingerprint density at radius 1 is 1.39 bits per heavy atom. The first-order chi connectivity index (χ1) is 8.56. The summed E-state index contributed by atoms with van der Waals surface area (Å²) in [5, 5.41) is 9.66. The Morgan fingerprint density at radius 2 is 2.00 bits per heavy atom. The van der Waals surface area contributed by atoms with Crippen LogP contribution in [-0.4, -0.2) is 23.3 Å². The van der Waals surface area contributed by atoms with Crippen molar-refractivity contribution in [2.45, 2.75) is 32.5 Å². The summed E-state index contributed by atoms with van der Waals surface area (Å²) in [5.74, 6) is -0.493. The van der Waals surface area contributed by atoms with E-state index in [1.807, 2.05) is 6.07 Å². The van der Waals surface area contributed by atoms with Crippen LogP contribution >= 0.6 is 0 Å². The van der Waals surface area contributed by atoms with Crippen LogP contribution in [0.3, 0.4) is 0 Å². The fourth-order valence-corrected chi connectivity index (χ4v) is 1.87. The molecular formula is C15H20O3. The topological polar surface area (TPSA) is 46.5 Å². The molecule has 0 spiro atoms. The summed E-state index contributed by atoms with van der Waals surface area (Å²) in [5.41, 5.74) is 0.521. The second-order valence-electron chi connectivity index (χ2n) is 4.41. The first kappa shape index (κ1) is 14.5. The minimum Gasteiger partial charge on any atom is -0.459 e. The highest BCUT2D eigenvalue weighted by atomic mass is 16.5. The quantitative estimate of drug-likeness (QED) is 0.622. The summed E-state index contributed by atoms with van der Waals surface area (Å²) < 4.78 is 5.37. The van der Waals surface area contributed by atoms with Crippen molar-refractivity contribution in [1.82, 2.24) is 0 Å². The molecule has 0 aliphatic rings. The van der Waals surface area contributed by atoms with Gasteiger partial charge in [-0.1, -0.05) is 24.3 Å². The maximum Gasteiger partial charge on any atom is 0.338 e. The average Bonchev–Trinajstić information content (AvgIpc) is 2.36. The second-order valence-corrected chi connectivity index (χ2v) is 4.41. The number of aliphatic hydroxyl groups excluding tert-OH is 1. The molecule has 0 aliphatic heterocycles. The summed E-state index contributed by atoms with van der Waals surface area (Å²) in [6.45, 7) is 7.14. The number of rotatable bonds is 6. The molecule has 0 aromatic heterocycles. The number of benzene rings is 1. The average molecular weight is 248 g/mol. The SMILES string of the molecule is C=CCC(C(C)O)C(C)OC(=O)c1ccccc1. The zero-order chi connectivity index (χ0) is 13.5. The van der Waals surface area contributed by atoms with Gasteiger partial charge in [0.25, 0.3) is 0 Å². The number of hydrogen-bond donors (Lipinski definition) is 1. The first-order valence-electron chi connectivity index (χ1n) is 6.11. The molecule has 1 N–H and O–H groups in total. The number of ether oxygens (including phenoxy) is 1. The maximum atomic E-state index is 11.9. The highest BCUT2D eigenvalue weighted by Crippen LogP contribution is 2.18. The Labute approximate surface area is 108 Å². The molecule has 0 fully saturated rings. The number of allylic oxidation sites excluding steroid dienone is 1. The van der Waals surface area contributed by atoms with Crippen LogP contribution in [0, 0.1) is 5.92 Å². The van der Waals surface area contributed by atoms with Crippen molar-refractivity contribution in [1.29, 1.82) is 0 Å². The summed E-state index contributed by atoms with van der Waals surface area (Å²) in [7, 11) is 0. The van der Waals surface area contributed by atoms with E-state index in [1.54, 1.807) is 44.2 Å². The summed E-state index contributed by atoms with van der Waals surface area (Å²) in [4.78, 5) is 11.9. The molecule has 0 radical (unpaired) electrons. The minimum absolute atomic E-state index is 0.129. The molecule has 3 atom stereocenters. The van der Waals surface area contributed by atoms with Gasteiger partial charge in [-0.3, -0.25) is 0 Å². The molecule has 0 heterocycles. The van der Waals surface area contributed by atoms with E-state index in [4.69, 9.17) is 4.74 Å². The highest BCUT2D eigenvalue weighted by Gasteiger charge is 2.24. The number of aliphatic hydroxyl groups is 1. The molecule has 1 aromatic carbocycles. The van der Waals surface area contributed by atoms with Crippen LogP contribution in [-0.2, 0) is 4.74 Å². The molecule has 0 saturated heterocycles. The van der Waals surface area contributed by atoms with E-state index in [0.717, 1.165) is 0 Å². The van der Waals surface area contributed by atoms with Gasteiger partial charge in [0, 0.05) is 5.92 Å². The largest absolute Gasteiger partial charge is 0.459 e. The van der Waals surface area contributed by atoms with Crippen LogP contribution in [0.2, 0.25) is 0 Å². The van der Waals surface area contributed by atoms with Crippen LogP contribution in [0.4, 0.5) is 0 Å². The highest BCUT2D eigenvalue weighted by molar-refractivity contribution is 5.89. The number of hydrogen-bond acceptors (Lipinski definition) is 3. The number of carbonyl (C=O) groups excluding carboxylic acids is 1. The zero-order valence-corrected chi connectivity index (χ0v) is 10.9. The van der Waals surface area contributed by atoms with Crippen molar-refractivity contribution in [2.75, 3.05) is 0 Å². The molecule has 98 valence electrons. The lowest BCUT2D eigenvalue weighted by atomic mass is 9.94. The molecule has 0 saturated carbocycles. The molecule has 1 rings (SSSR count). The smallest absolute Gasteiger partial charge is 0.338 e. The van der Waals surface area contributed by atoms with E-state index in [9.17, 15) is 9.90 Å².